The fraction of sp³-hybridized carbons (Fsp3) is 0.214. The fourth-order valence-corrected chi connectivity index (χ4v) is 1.79. The maximum absolute atomic E-state index is 11.8. The SMILES string of the molecule is CNc1ncncc1-c1ccc(C(=O)N(C)C)cc1. The number of hydrogen-bond acceptors (Lipinski definition) is 4. The maximum Gasteiger partial charge on any atom is 0.253 e. The molecule has 5 nitrogen and oxygen atoms in total. The van der Waals surface area contributed by atoms with Crippen molar-refractivity contribution in [3.63, 3.8) is 0 Å². The number of carbonyl (C=O) groups excluding carboxylic acids is 1. The number of benzene rings is 1. The molecular formula is C14H16N4O. The molecule has 0 saturated carbocycles. The molecule has 0 saturated heterocycles. The second-order valence-corrected chi connectivity index (χ2v) is 4.31. The normalized spacial score (nSPS) is 10.1. The van der Waals surface area contributed by atoms with Crippen LogP contribution in [0.2, 0.25) is 0 Å². The lowest BCUT2D eigenvalue weighted by Crippen LogP contribution is -2.21. The van der Waals surface area contributed by atoms with Crippen molar-refractivity contribution in [3.05, 3.63) is 42.4 Å². The average molecular weight is 256 g/mol. The standard InChI is InChI=1S/C14H16N4O/c1-15-13-12(8-16-9-17-13)10-4-6-11(7-5-10)14(19)18(2)3/h4-9H,1-3H3,(H,15,16,17). The second-order valence-electron chi connectivity index (χ2n) is 4.31. The molecule has 0 aliphatic heterocycles. The first-order chi connectivity index (χ1) is 9.13. The number of hydrogen-bond donors (Lipinski definition) is 1. The molecule has 2 rings (SSSR count). The van der Waals surface area contributed by atoms with Gasteiger partial charge in [-0.05, 0) is 17.7 Å². The third-order valence-corrected chi connectivity index (χ3v) is 2.80. The largest absolute Gasteiger partial charge is 0.373 e. The van der Waals surface area contributed by atoms with E-state index in [1.54, 1.807) is 25.2 Å². The first-order valence-corrected chi connectivity index (χ1v) is 5.93. The summed E-state index contributed by atoms with van der Waals surface area (Å²) in [7, 11) is 5.29. The van der Waals surface area contributed by atoms with E-state index in [-0.39, 0.29) is 5.91 Å². The first-order valence-electron chi connectivity index (χ1n) is 5.93. The minimum Gasteiger partial charge on any atom is -0.373 e. The molecule has 1 aromatic heterocycles. The Morgan fingerprint density at radius 3 is 2.47 bits per heavy atom. The molecule has 0 radical (unpaired) electrons. The van der Waals surface area contributed by atoms with Crippen LogP contribution in [0.1, 0.15) is 10.4 Å². The molecule has 1 N–H and O–H groups in total. The van der Waals surface area contributed by atoms with Crippen molar-refractivity contribution in [3.8, 4) is 11.1 Å². The predicted octanol–water partition coefficient (Wildman–Crippen LogP) is 1.89. The summed E-state index contributed by atoms with van der Waals surface area (Å²) in [6.07, 6.45) is 3.25. The molecule has 0 spiro atoms. The summed E-state index contributed by atoms with van der Waals surface area (Å²) in [6, 6.07) is 7.42. The van der Waals surface area contributed by atoms with E-state index in [9.17, 15) is 4.79 Å². The van der Waals surface area contributed by atoms with E-state index in [4.69, 9.17) is 0 Å². The number of rotatable bonds is 3. The smallest absolute Gasteiger partial charge is 0.253 e. The molecule has 1 amide bonds. The van der Waals surface area contributed by atoms with E-state index in [2.05, 4.69) is 15.3 Å². The molecule has 0 aliphatic carbocycles. The lowest BCUT2D eigenvalue weighted by Gasteiger charge is -2.11. The molecule has 0 bridgehead atoms. The molecular weight excluding hydrogens is 240 g/mol. The third kappa shape index (κ3) is 2.70. The van der Waals surface area contributed by atoms with E-state index in [0.717, 1.165) is 16.9 Å². The van der Waals surface area contributed by atoms with Crippen molar-refractivity contribution in [2.75, 3.05) is 26.5 Å². The molecule has 19 heavy (non-hydrogen) atoms. The molecule has 5 heteroatoms. The zero-order valence-corrected chi connectivity index (χ0v) is 11.2. The van der Waals surface area contributed by atoms with E-state index in [1.807, 2.05) is 31.3 Å². The number of carbonyl (C=O) groups is 1. The van der Waals surface area contributed by atoms with Crippen LogP contribution in [-0.4, -0.2) is 41.9 Å². The number of anilines is 1. The van der Waals surface area contributed by atoms with Crippen LogP contribution < -0.4 is 5.32 Å². The van der Waals surface area contributed by atoms with Gasteiger partial charge in [0.1, 0.15) is 12.1 Å². The van der Waals surface area contributed by atoms with E-state index >= 15 is 0 Å². The van der Waals surface area contributed by atoms with Gasteiger partial charge in [-0.15, -0.1) is 0 Å². The van der Waals surface area contributed by atoms with Gasteiger partial charge in [-0.3, -0.25) is 4.79 Å². The van der Waals surface area contributed by atoms with Gasteiger partial charge in [0.2, 0.25) is 0 Å². The third-order valence-electron chi connectivity index (χ3n) is 2.80. The monoisotopic (exact) mass is 256 g/mol. The Morgan fingerprint density at radius 2 is 1.89 bits per heavy atom. The lowest BCUT2D eigenvalue weighted by atomic mass is 10.1. The van der Waals surface area contributed by atoms with Gasteiger partial charge in [0.15, 0.2) is 0 Å². The van der Waals surface area contributed by atoms with Crippen LogP contribution in [0.15, 0.2) is 36.8 Å². The number of aromatic nitrogens is 2. The highest BCUT2D eigenvalue weighted by atomic mass is 16.2. The molecule has 98 valence electrons. The summed E-state index contributed by atoms with van der Waals surface area (Å²) in [6.45, 7) is 0. The van der Waals surface area contributed by atoms with Gasteiger partial charge in [-0.25, -0.2) is 9.97 Å². The van der Waals surface area contributed by atoms with Crippen LogP contribution in [0.4, 0.5) is 5.82 Å². The summed E-state index contributed by atoms with van der Waals surface area (Å²) in [4.78, 5) is 21.6. The summed E-state index contributed by atoms with van der Waals surface area (Å²) < 4.78 is 0. The van der Waals surface area contributed by atoms with Crippen LogP contribution in [0.25, 0.3) is 11.1 Å². The van der Waals surface area contributed by atoms with Crippen LogP contribution in [0.3, 0.4) is 0 Å². The van der Waals surface area contributed by atoms with Crippen molar-refractivity contribution in [1.82, 2.24) is 14.9 Å². The molecule has 0 unspecified atom stereocenters. The Labute approximate surface area is 112 Å². The van der Waals surface area contributed by atoms with E-state index < -0.39 is 0 Å². The number of nitrogens with one attached hydrogen (secondary N) is 1. The fourth-order valence-electron chi connectivity index (χ4n) is 1.79. The first kappa shape index (κ1) is 13.0. The van der Waals surface area contributed by atoms with Crippen LogP contribution in [0.5, 0.6) is 0 Å². The Morgan fingerprint density at radius 1 is 1.21 bits per heavy atom. The highest BCUT2D eigenvalue weighted by molar-refractivity contribution is 5.94. The summed E-state index contributed by atoms with van der Waals surface area (Å²) in [5.41, 5.74) is 2.55. The molecule has 1 aromatic carbocycles. The lowest BCUT2D eigenvalue weighted by molar-refractivity contribution is 0.0827. The van der Waals surface area contributed by atoms with Gasteiger partial charge in [0.25, 0.3) is 5.91 Å². The highest BCUT2D eigenvalue weighted by Crippen LogP contribution is 2.25. The quantitative estimate of drug-likeness (QED) is 0.911. The van der Waals surface area contributed by atoms with Crippen molar-refractivity contribution in [2.45, 2.75) is 0 Å². The topological polar surface area (TPSA) is 58.1 Å². The van der Waals surface area contributed by atoms with Gasteiger partial charge in [0, 0.05) is 38.5 Å². The van der Waals surface area contributed by atoms with E-state index in [1.165, 1.54) is 6.33 Å². The van der Waals surface area contributed by atoms with Crippen molar-refractivity contribution < 1.29 is 4.79 Å². The van der Waals surface area contributed by atoms with Crippen LogP contribution in [-0.2, 0) is 0 Å². The minimum absolute atomic E-state index is 0.00954. The van der Waals surface area contributed by atoms with Crippen molar-refractivity contribution >= 4 is 11.7 Å². The van der Waals surface area contributed by atoms with E-state index in [0.29, 0.717) is 5.56 Å². The van der Waals surface area contributed by atoms with Crippen molar-refractivity contribution in [1.29, 1.82) is 0 Å². The Kier molecular flexibility index (Phi) is 3.75. The maximum atomic E-state index is 11.8. The molecule has 1 heterocycles. The molecule has 0 aliphatic rings. The van der Waals surface area contributed by atoms with Gasteiger partial charge in [0.05, 0.1) is 0 Å². The predicted molar refractivity (Wildman–Crippen MR) is 75.0 cm³/mol. The number of nitrogens with zero attached hydrogens (tertiary/aromatic N) is 3. The van der Waals surface area contributed by atoms with Gasteiger partial charge >= 0.3 is 0 Å². The molecule has 0 fully saturated rings. The Balaban J connectivity index is 2.35. The number of amides is 1. The van der Waals surface area contributed by atoms with Gasteiger partial charge in [-0.1, -0.05) is 12.1 Å². The molecule has 2 aromatic rings. The summed E-state index contributed by atoms with van der Waals surface area (Å²) in [5, 5.41) is 3.02. The second kappa shape index (κ2) is 5.48. The highest BCUT2D eigenvalue weighted by Gasteiger charge is 2.09. The van der Waals surface area contributed by atoms with Gasteiger partial charge in [-0.2, -0.15) is 0 Å². The summed E-state index contributed by atoms with van der Waals surface area (Å²) >= 11 is 0. The zero-order chi connectivity index (χ0) is 13.8. The minimum atomic E-state index is -0.00954. The average Bonchev–Trinajstić information content (AvgIpc) is 2.46. The van der Waals surface area contributed by atoms with Gasteiger partial charge < -0.3 is 10.2 Å². The molecule has 0 atom stereocenters. The summed E-state index contributed by atoms with van der Waals surface area (Å²) in [5.74, 6) is 0.756. The van der Waals surface area contributed by atoms with Crippen LogP contribution in [0, 0.1) is 0 Å². The Hall–Kier alpha value is -2.43. The zero-order valence-electron chi connectivity index (χ0n) is 11.2. The van der Waals surface area contributed by atoms with Crippen molar-refractivity contribution in [2.24, 2.45) is 0 Å². The Bertz CT molecular complexity index is 578. The van der Waals surface area contributed by atoms with Crippen LogP contribution >= 0.6 is 0 Å².